The summed E-state index contributed by atoms with van der Waals surface area (Å²) in [7, 11) is 0.0361. The fourth-order valence-corrected chi connectivity index (χ4v) is 3.46. The maximum atomic E-state index is 2.37. The quantitative estimate of drug-likeness (QED) is 0.562. The number of benzene rings is 2. The highest BCUT2D eigenvalue weighted by Crippen LogP contribution is 2.46. The summed E-state index contributed by atoms with van der Waals surface area (Å²) in [6.07, 6.45) is 1.16. The molecule has 0 aliphatic carbocycles. The lowest BCUT2D eigenvalue weighted by Crippen LogP contribution is -2.00. The van der Waals surface area contributed by atoms with Crippen molar-refractivity contribution in [2.75, 3.05) is 13.3 Å². The van der Waals surface area contributed by atoms with Gasteiger partial charge in [0.25, 0.3) is 0 Å². The third-order valence-electron chi connectivity index (χ3n) is 3.08. The molecule has 1 atom stereocenters. The molecule has 0 amide bonds. The highest BCUT2D eigenvalue weighted by atomic mass is 31.1. The minimum absolute atomic E-state index is 0. The molecule has 0 saturated carbocycles. The molecule has 91 valence electrons. The fraction of sp³-hybridized carbons (Fsp3) is 0.250. The Labute approximate surface area is 114 Å². The van der Waals surface area contributed by atoms with Crippen LogP contribution in [0.1, 0.15) is 16.8 Å². The number of rotatable bonds is 4. The van der Waals surface area contributed by atoms with Crippen molar-refractivity contribution in [2.24, 2.45) is 0 Å². The zero-order valence-electron chi connectivity index (χ0n) is 11.1. The molecule has 0 aromatic heterocycles. The SMILES string of the molecule is CP(C)C(Cc1ccccc1)c1ccccc1.[B]. The van der Waals surface area contributed by atoms with Crippen molar-refractivity contribution in [3.8, 4) is 0 Å². The summed E-state index contributed by atoms with van der Waals surface area (Å²) in [6, 6.07) is 21.7. The Morgan fingerprint density at radius 3 is 1.83 bits per heavy atom. The van der Waals surface area contributed by atoms with Gasteiger partial charge >= 0.3 is 0 Å². The van der Waals surface area contributed by atoms with E-state index in [-0.39, 0.29) is 16.3 Å². The molecule has 0 aliphatic heterocycles. The van der Waals surface area contributed by atoms with Crippen LogP contribution in [0.3, 0.4) is 0 Å². The van der Waals surface area contributed by atoms with E-state index < -0.39 is 0 Å². The molecule has 0 bridgehead atoms. The Bertz CT molecular complexity index is 439. The fourth-order valence-electron chi connectivity index (χ4n) is 2.11. The van der Waals surface area contributed by atoms with Crippen LogP contribution in [-0.4, -0.2) is 21.7 Å². The van der Waals surface area contributed by atoms with Crippen molar-refractivity contribution in [1.29, 1.82) is 0 Å². The molecular weight excluding hydrogens is 234 g/mol. The standard InChI is InChI=1S/C16H19P.B/c1-17(2)16(15-11-7-4-8-12-15)13-14-9-5-3-6-10-14;/h3-12,16H,13H2,1-2H3;. The van der Waals surface area contributed by atoms with Gasteiger partial charge in [0.15, 0.2) is 0 Å². The molecule has 2 heteroatoms. The first-order valence-corrected chi connectivity index (χ1v) is 8.33. The van der Waals surface area contributed by atoms with E-state index in [1.807, 2.05) is 0 Å². The molecule has 0 fully saturated rings. The summed E-state index contributed by atoms with van der Waals surface area (Å²) in [5.41, 5.74) is 3.60. The van der Waals surface area contributed by atoms with Crippen molar-refractivity contribution in [3.05, 3.63) is 71.8 Å². The van der Waals surface area contributed by atoms with E-state index in [9.17, 15) is 0 Å². The van der Waals surface area contributed by atoms with Gasteiger partial charge in [-0.3, -0.25) is 0 Å². The van der Waals surface area contributed by atoms with Crippen molar-refractivity contribution in [3.63, 3.8) is 0 Å². The van der Waals surface area contributed by atoms with Gasteiger partial charge in [-0.15, -0.1) is 7.92 Å². The van der Waals surface area contributed by atoms with Gasteiger partial charge in [-0.1, -0.05) is 60.7 Å². The zero-order chi connectivity index (χ0) is 12.1. The first kappa shape index (κ1) is 15.0. The highest BCUT2D eigenvalue weighted by Gasteiger charge is 2.15. The average Bonchev–Trinajstić information content (AvgIpc) is 2.38. The number of hydrogen-bond acceptors (Lipinski definition) is 0. The molecule has 1 unspecified atom stereocenters. The minimum atomic E-state index is 0. The second-order valence-electron chi connectivity index (χ2n) is 4.58. The molecular formula is C16H19BP. The second-order valence-corrected chi connectivity index (χ2v) is 7.13. The smallest absolute Gasteiger partial charge is 0.00772 e. The topological polar surface area (TPSA) is 0 Å². The van der Waals surface area contributed by atoms with Gasteiger partial charge in [0.05, 0.1) is 0 Å². The predicted octanol–water partition coefficient (Wildman–Crippen LogP) is 4.33. The largest absolute Gasteiger partial charge is 0.105 e. The lowest BCUT2D eigenvalue weighted by atomic mass is 10.0. The van der Waals surface area contributed by atoms with E-state index in [1.54, 1.807) is 0 Å². The van der Waals surface area contributed by atoms with E-state index >= 15 is 0 Å². The molecule has 2 aromatic carbocycles. The monoisotopic (exact) mass is 253 g/mol. The van der Waals surface area contributed by atoms with Crippen molar-refractivity contribution in [1.82, 2.24) is 0 Å². The van der Waals surface area contributed by atoms with Crippen LogP contribution >= 0.6 is 7.92 Å². The van der Waals surface area contributed by atoms with Gasteiger partial charge in [0.1, 0.15) is 0 Å². The Morgan fingerprint density at radius 1 is 0.833 bits per heavy atom. The molecule has 0 spiro atoms. The average molecular weight is 253 g/mol. The third kappa shape index (κ3) is 4.00. The normalized spacial score (nSPS) is 11.9. The van der Waals surface area contributed by atoms with Crippen LogP contribution in [0.5, 0.6) is 0 Å². The van der Waals surface area contributed by atoms with Crippen LogP contribution in [0, 0.1) is 0 Å². The van der Waals surface area contributed by atoms with Crippen LogP contribution < -0.4 is 0 Å². The lowest BCUT2D eigenvalue weighted by molar-refractivity contribution is 0.920. The van der Waals surface area contributed by atoms with E-state index in [0.29, 0.717) is 5.66 Å². The molecule has 0 aliphatic rings. The summed E-state index contributed by atoms with van der Waals surface area (Å²) in [6.45, 7) is 4.74. The predicted molar refractivity (Wildman–Crippen MR) is 83.9 cm³/mol. The minimum Gasteiger partial charge on any atom is -0.105 e. The molecule has 2 aromatic rings. The summed E-state index contributed by atoms with van der Waals surface area (Å²) in [4.78, 5) is 0. The molecule has 18 heavy (non-hydrogen) atoms. The van der Waals surface area contributed by atoms with Crippen LogP contribution in [0.15, 0.2) is 60.7 Å². The summed E-state index contributed by atoms with van der Waals surface area (Å²) in [5, 5.41) is 0. The maximum Gasteiger partial charge on any atom is 0.00772 e. The maximum absolute atomic E-state index is 2.37. The lowest BCUT2D eigenvalue weighted by Gasteiger charge is -2.22. The number of hydrogen-bond donors (Lipinski definition) is 0. The molecule has 0 N–H and O–H groups in total. The van der Waals surface area contributed by atoms with Crippen LogP contribution in [0.25, 0.3) is 0 Å². The van der Waals surface area contributed by atoms with Crippen LogP contribution in [-0.2, 0) is 6.42 Å². The Balaban J connectivity index is 0.00000162. The van der Waals surface area contributed by atoms with Gasteiger partial charge in [0, 0.05) is 14.1 Å². The molecule has 3 radical (unpaired) electrons. The third-order valence-corrected chi connectivity index (χ3v) is 4.81. The van der Waals surface area contributed by atoms with Gasteiger partial charge < -0.3 is 0 Å². The van der Waals surface area contributed by atoms with Crippen molar-refractivity contribution < 1.29 is 0 Å². The van der Waals surface area contributed by atoms with E-state index in [1.165, 1.54) is 11.1 Å². The van der Waals surface area contributed by atoms with Gasteiger partial charge in [-0.05, 0) is 30.9 Å². The van der Waals surface area contributed by atoms with Crippen LogP contribution in [0.4, 0.5) is 0 Å². The summed E-state index contributed by atoms with van der Waals surface area (Å²) in [5.74, 6) is 0. The van der Waals surface area contributed by atoms with Gasteiger partial charge in [-0.25, -0.2) is 0 Å². The highest BCUT2D eigenvalue weighted by molar-refractivity contribution is 7.56. The molecule has 0 heterocycles. The van der Waals surface area contributed by atoms with Gasteiger partial charge in [-0.2, -0.15) is 0 Å². The first-order valence-electron chi connectivity index (χ1n) is 6.02. The summed E-state index contributed by atoms with van der Waals surface area (Å²) < 4.78 is 0. The van der Waals surface area contributed by atoms with Crippen molar-refractivity contribution >= 4 is 16.3 Å². The van der Waals surface area contributed by atoms with E-state index in [4.69, 9.17) is 0 Å². The van der Waals surface area contributed by atoms with Crippen LogP contribution in [0.2, 0.25) is 0 Å². The summed E-state index contributed by atoms with van der Waals surface area (Å²) >= 11 is 0. The van der Waals surface area contributed by atoms with Gasteiger partial charge in [0.2, 0.25) is 0 Å². The van der Waals surface area contributed by atoms with E-state index in [2.05, 4.69) is 74.0 Å². The Kier molecular flexibility index (Phi) is 6.15. The molecule has 0 saturated heterocycles. The second kappa shape index (κ2) is 7.39. The first-order chi connectivity index (χ1) is 8.27. The Hall–Kier alpha value is -1.07. The zero-order valence-corrected chi connectivity index (χ0v) is 12.0. The van der Waals surface area contributed by atoms with Crippen molar-refractivity contribution in [2.45, 2.75) is 12.1 Å². The molecule has 2 rings (SSSR count). The van der Waals surface area contributed by atoms with E-state index in [0.717, 1.165) is 6.42 Å². The molecule has 0 nitrogen and oxygen atoms in total. The Morgan fingerprint density at radius 2 is 1.33 bits per heavy atom.